The average Bonchev–Trinajstić information content (AvgIpc) is 3.88. The van der Waals surface area contributed by atoms with Gasteiger partial charge in [-0.25, -0.2) is 4.99 Å². The van der Waals surface area contributed by atoms with Crippen LogP contribution in [0.3, 0.4) is 0 Å². The molecular formula is C42H34BN5O. The molecule has 0 saturated carbocycles. The SMILES string of the molecule is COB1n2c3ccc2C(c2ccccc2)=c2ccc(n21)=C(c1ccccc1)C1=NC(=C3c2ccccc2)C(Nc2ccc(N(C)C)cc2)=C1. The molecule has 2 aromatic heterocycles. The van der Waals surface area contributed by atoms with Crippen LogP contribution in [0.4, 0.5) is 11.4 Å². The quantitative estimate of drug-likeness (QED) is 0.208. The van der Waals surface area contributed by atoms with Gasteiger partial charge in [0.2, 0.25) is 0 Å². The predicted molar refractivity (Wildman–Crippen MR) is 201 cm³/mol. The van der Waals surface area contributed by atoms with E-state index in [9.17, 15) is 0 Å². The van der Waals surface area contributed by atoms with Crippen LogP contribution in [0, 0.1) is 0 Å². The van der Waals surface area contributed by atoms with Crippen molar-refractivity contribution in [2.24, 2.45) is 4.99 Å². The minimum absolute atomic E-state index is 0.432. The molecule has 0 atom stereocenters. The molecule has 9 rings (SSSR count). The summed E-state index contributed by atoms with van der Waals surface area (Å²) in [5.74, 6) is 0. The molecule has 0 radical (unpaired) electrons. The summed E-state index contributed by atoms with van der Waals surface area (Å²) in [6.07, 6.45) is 2.21. The van der Waals surface area contributed by atoms with Gasteiger partial charge in [-0.15, -0.1) is 0 Å². The highest BCUT2D eigenvalue weighted by Crippen LogP contribution is 2.39. The molecule has 0 unspecified atom stereocenters. The molecule has 4 bridgehead atoms. The molecule has 1 N–H and O–H groups in total. The largest absolute Gasteiger partial charge is 0.557 e. The van der Waals surface area contributed by atoms with E-state index in [0.29, 0.717) is 0 Å². The topological polar surface area (TPSA) is 46.7 Å². The van der Waals surface area contributed by atoms with Crippen LogP contribution < -0.4 is 20.9 Å². The van der Waals surface area contributed by atoms with Gasteiger partial charge in [0, 0.05) is 71.4 Å². The Morgan fingerprint density at radius 2 is 1.12 bits per heavy atom. The zero-order chi connectivity index (χ0) is 33.1. The van der Waals surface area contributed by atoms with Crippen LogP contribution in [0.1, 0.15) is 28.1 Å². The molecule has 49 heavy (non-hydrogen) atoms. The number of anilines is 2. The fraction of sp³-hybridized carbons (Fsp3) is 0.0714. The lowest BCUT2D eigenvalue weighted by Gasteiger charge is -2.29. The van der Waals surface area contributed by atoms with Crippen molar-refractivity contribution in [3.8, 4) is 0 Å². The number of rotatable bonds is 7. The second kappa shape index (κ2) is 11.6. The van der Waals surface area contributed by atoms with E-state index in [4.69, 9.17) is 9.65 Å². The molecule has 6 aromatic rings. The molecule has 0 aliphatic carbocycles. The smallest absolute Gasteiger partial charge is 0.400 e. The van der Waals surface area contributed by atoms with Gasteiger partial charge in [-0.1, -0.05) is 91.0 Å². The Labute approximate surface area is 286 Å². The summed E-state index contributed by atoms with van der Waals surface area (Å²) < 4.78 is 11.2. The Bertz CT molecular complexity index is 2450. The van der Waals surface area contributed by atoms with Gasteiger partial charge in [0.1, 0.15) is 0 Å². The highest BCUT2D eigenvalue weighted by molar-refractivity contribution is 6.50. The first kappa shape index (κ1) is 29.1. The second-order valence-corrected chi connectivity index (χ2v) is 12.7. The highest BCUT2D eigenvalue weighted by atomic mass is 16.4. The van der Waals surface area contributed by atoms with Gasteiger partial charge >= 0.3 is 7.19 Å². The summed E-state index contributed by atoms with van der Waals surface area (Å²) in [6, 6.07) is 49.3. The summed E-state index contributed by atoms with van der Waals surface area (Å²) >= 11 is 0. The highest BCUT2D eigenvalue weighted by Gasteiger charge is 2.38. The minimum atomic E-state index is -0.432. The molecule has 0 fully saturated rings. The van der Waals surface area contributed by atoms with Gasteiger partial charge in [0.25, 0.3) is 0 Å². The lowest BCUT2D eigenvalue weighted by Crippen LogP contribution is -2.52. The van der Waals surface area contributed by atoms with E-state index >= 15 is 0 Å². The molecular weight excluding hydrogens is 601 g/mol. The van der Waals surface area contributed by atoms with E-state index in [1.165, 1.54) is 5.57 Å². The Balaban J connectivity index is 1.42. The number of aromatic nitrogens is 2. The third kappa shape index (κ3) is 4.65. The third-order valence-corrected chi connectivity index (χ3v) is 9.62. The van der Waals surface area contributed by atoms with Crippen molar-refractivity contribution < 1.29 is 4.65 Å². The van der Waals surface area contributed by atoms with E-state index in [-0.39, 0.29) is 0 Å². The number of aliphatic imine (C=N–C) groups is 1. The molecule has 6 nitrogen and oxygen atoms in total. The number of nitrogens with zero attached hydrogens (tertiary/aromatic N) is 4. The summed E-state index contributed by atoms with van der Waals surface area (Å²) in [5, 5.41) is 5.92. The van der Waals surface area contributed by atoms with Gasteiger partial charge in [0.05, 0.1) is 17.1 Å². The summed E-state index contributed by atoms with van der Waals surface area (Å²) in [7, 11) is 5.49. The monoisotopic (exact) mass is 635 g/mol. The van der Waals surface area contributed by atoms with Crippen LogP contribution in [0.5, 0.6) is 0 Å². The van der Waals surface area contributed by atoms with E-state index < -0.39 is 7.19 Å². The van der Waals surface area contributed by atoms with Crippen LogP contribution in [0.15, 0.2) is 162 Å². The van der Waals surface area contributed by atoms with Gasteiger partial charge in [0.15, 0.2) is 0 Å². The van der Waals surface area contributed by atoms with Crippen molar-refractivity contribution in [2.75, 3.05) is 31.4 Å². The molecule has 4 aromatic carbocycles. The molecule has 236 valence electrons. The average molecular weight is 636 g/mol. The molecule has 0 spiro atoms. The van der Waals surface area contributed by atoms with Crippen molar-refractivity contribution in [3.05, 3.63) is 196 Å². The molecule has 0 saturated heterocycles. The maximum atomic E-state index is 6.51. The lowest BCUT2D eigenvalue weighted by atomic mass is 9.88. The van der Waals surface area contributed by atoms with Crippen molar-refractivity contribution in [1.29, 1.82) is 0 Å². The fourth-order valence-electron chi connectivity index (χ4n) is 7.42. The summed E-state index contributed by atoms with van der Waals surface area (Å²) in [6.45, 7) is 0. The number of hydrogen-bond donors (Lipinski definition) is 1. The van der Waals surface area contributed by atoms with Crippen molar-refractivity contribution in [2.45, 2.75) is 0 Å². The summed E-state index contributed by atoms with van der Waals surface area (Å²) in [5.41, 5.74) is 13.6. The van der Waals surface area contributed by atoms with Crippen molar-refractivity contribution in [3.63, 3.8) is 0 Å². The summed E-state index contributed by atoms with van der Waals surface area (Å²) in [4.78, 5) is 7.65. The van der Waals surface area contributed by atoms with Crippen LogP contribution in [-0.2, 0) is 4.65 Å². The molecule has 0 amide bonds. The Morgan fingerprint density at radius 3 is 1.69 bits per heavy atom. The maximum absolute atomic E-state index is 6.51. The number of allylic oxidation sites excluding steroid dienone is 1. The van der Waals surface area contributed by atoms with Gasteiger partial charge in [-0.3, -0.25) is 0 Å². The second-order valence-electron chi connectivity index (χ2n) is 12.7. The normalized spacial score (nSPS) is 14.6. The molecule has 5 heterocycles. The van der Waals surface area contributed by atoms with E-state index in [2.05, 4.69) is 179 Å². The zero-order valence-corrected chi connectivity index (χ0v) is 27.6. The van der Waals surface area contributed by atoms with E-state index in [1.54, 1.807) is 7.11 Å². The Hall–Kier alpha value is -6.05. The van der Waals surface area contributed by atoms with E-state index in [0.717, 1.165) is 78.4 Å². The first-order valence-electron chi connectivity index (χ1n) is 16.6. The first-order chi connectivity index (χ1) is 24.1. The van der Waals surface area contributed by atoms with E-state index in [1.807, 2.05) is 0 Å². The van der Waals surface area contributed by atoms with Crippen molar-refractivity contribution in [1.82, 2.24) is 8.96 Å². The predicted octanol–water partition coefficient (Wildman–Crippen LogP) is 6.37. The maximum Gasteiger partial charge on any atom is 0.557 e. The molecule has 3 aliphatic heterocycles. The van der Waals surface area contributed by atoms with Crippen LogP contribution in [0.2, 0.25) is 0 Å². The standard InChI is InChI=1S/C42H34BN5O/c1-46(2)32-21-19-31(20-22-32)44-34-27-33-39(28-13-7-4-8-14-28)35-23-24-36-40(29-15-9-5-10-16-29)37-25-26-38(48(37)43(49-3)47(35)36)41(42(34)45-33)30-17-11-6-12-18-30/h4-27,44H,1-3H3. The van der Waals surface area contributed by atoms with Crippen LogP contribution >= 0.6 is 0 Å². The Morgan fingerprint density at radius 1 is 0.592 bits per heavy atom. The Kier molecular flexibility index (Phi) is 6.88. The minimum Gasteiger partial charge on any atom is -0.400 e. The number of nitrogens with one attached hydrogen (secondary N) is 1. The van der Waals surface area contributed by atoms with Gasteiger partial charge in [-0.2, -0.15) is 0 Å². The van der Waals surface area contributed by atoms with Gasteiger partial charge in [-0.05, 0) is 71.3 Å². The van der Waals surface area contributed by atoms with Gasteiger partial charge < -0.3 is 23.8 Å². The molecule has 3 aliphatic rings. The van der Waals surface area contributed by atoms with Crippen LogP contribution in [0.25, 0.3) is 16.7 Å². The fourth-order valence-corrected chi connectivity index (χ4v) is 7.42. The first-order valence-corrected chi connectivity index (χ1v) is 16.6. The number of fused-ring (bicyclic) bond motifs is 1. The lowest BCUT2D eigenvalue weighted by molar-refractivity contribution is 0.396. The number of benzene rings is 4. The van der Waals surface area contributed by atoms with Crippen molar-refractivity contribution >= 4 is 41.0 Å². The molecule has 7 heteroatoms. The zero-order valence-electron chi connectivity index (χ0n) is 27.6. The third-order valence-electron chi connectivity index (χ3n) is 9.62. The van der Waals surface area contributed by atoms with Crippen LogP contribution in [-0.4, -0.2) is 43.1 Å². The number of hydrogen-bond acceptors (Lipinski definition) is 4.